The van der Waals surface area contributed by atoms with Gasteiger partial charge in [0.15, 0.2) is 0 Å². The van der Waals surface area contributed by atoms with Crippen LogP contribution in [0.4, 0.5) is 0 Å². The number of carbonyl (C=O) groups excluding carboxylic acids is 1. The summed E-state index contributed by atoms with van der Waals surface area (Å²) in [6, 6.07) is 15.0. The second kappa shape index (κ2) is 6.09. The van der Waals surface area contributed by atoms with E-state index in [-0.39, 0.29) is 17.5 Å². The van der Waals surface area contributed by atoms with Gasteiger partial charge >= 0.3 is 0 Å². The highest BCUT2D eigenvalue weighted by Crippen LogP contribution is 2.33. The Balaban J connectivity index is 1.56. The van der Waals surface area contributed by atoms with E-state index in [9.17, 15) is 9.59 Å². The van der Waals surface area contributed by atoms with Crippen molar-refractivity contribution in [3.05, 3.63) is 76.5 Å². The van der Waals surface area contributed by atoms with E-state index in [0.29, 0.717) is 22.9 Å². The molecule has 0 bridgehead atoms. The zero-order valence-corrected chi connectivity index (χ0v) is 14.6. The van der Waals surface area contributed by atoms with E-state index in [1.807, 2.05) is 41.3 Å². The van der Waals surface area contributed by atoms with Gasteiger partial charge in [-0.1, -0.05) is 30.3 Å². The fourth-order valence-electron chi connectivity index (χ4n) is 3.97. The smallest absolute Gasteiger partial charge is 0.256 e. The number of aromatic nitrogens is 3. The Labute approximate surface area is 154 Å². The van der Waals surface area contributed by atoms with Crippen LogP contribution in [0.15, 0.2) is 59.5 Å². The first-order chi connectivity index (χ1) is 13.2. The van der Waals surface area contributed by atoms with Gasteiger partial charge in [0, 0.05) is 23.5 Å². The van der Waals surface area contributed by atoms with Gasteiger partial charge in [0.05, 0.1) is 22.6 Å². The van der Waals surface area contributed by atoms with Gasteiger partial charge in [-0.25, -0.2) is 4.98 Å². The number of rotatable bonds is 2. The predicted octanol–water partition coefficient (Wildman–Crippen LogP) is 3.38. The first kappa shape index (κ1) is 15.8. The lowest BCUT2D eigenvalue weighted by molar-refractivity contribution is 0.0732. The van der Waals surface area contributed by atoms with Crippen LogP contribution in [-0.4, -0.2) is 32.3 Å². The van der Waals surface area contributed by atoms with Crippen molar-refractivity contribution in [1.29, 1.82) is 0 Å². The van der Waals surface area contributed by atoms with Crippen molar-refractivity contribution in [1.82, 2.24) is 19.9 Å². The molecule has 6 heteroatoms. The monoisotopic (exact) mass is 358 g/mol. The molecule has 2 N–H and O–H groups in total. The molecule has 1 amide bonds. The lowest BCUT2D eigenvalue weighted by Crippen LogP contribution is -2.31. The predicted molar refractivity (Wildman–Crippen MR) is 104 cm³/mol. The number of H-pyrrole nitrogens is 2. The van der Waals surface area contributed by atoms with E-state index in [1.54, 1.807) is 12.1 Å². The first-order valence-corrected chi connectivity index (χ1v) is 9.08. The number of fused-ring (bicyclic) bond motifs is 2. The number of benzene rings is 2. The average molecular weight is 358 g/mol. The standard InChI is InChI=1S/C21H18N4O2/c26-20-14-7-2-1-6-13(14)15(12-22-20)21(27)25-11-5-10-18(25)19-23-16-8-3-4-9-17(16)24-19/h1-4,6-9,12,18H,5,10-11H2,(H,22,26)(H,23,24). The van der Waals surface area contributed by atoms with E-state index in [0.717, 1.165) is 29.7 Å². The topological polar surface area (TPSA) is 81.8 Å². The van der Waals surface area contributed by atoms with Gasteiger partial charge in [0.2, 0.25) is 0 Å². The van der Waals surface area contributed by atoms with Gasteiger partial charge in [-0.3, -0.25) is 9.59 Å². The van der Waals surface area contributed by atoms with E-state index in [4.69, 9.17) is 4.98 Å². The van der Waals surface area contributed by atoms with Crippen LogP contribution in [0.2, 0.25) is 0 Å². The molecule has 1 atom stereocenters. The molecule has 1 fully saturated rings. The van der Waals surface area contributed by atoms with Crippen LogP contribution in [0, 0.1) is 0 Å². The Hall–Kier alpha value is -3.41. The van der Waals surface area contributed by atoms with Crippen molar-refractivity contribution < 1.29 is 4.79 Å². The second-order valence-corrected chi connectivity index (χ2v) is 6.87. The molecule has 1 saturated heterocycles. The molecule has 0 aliphatic carbocycles. The number of hydrogen-bond donors (Lipinski definition) is 2. The number of nitrogens with zero attached hydrogens (tertiary/aromatic N) is 2. The molecule has 0 radical (unpaired) electrons. The molecule has 4 aromatic rings. The molecule has 27 heavy (non-hydrogen) atoms. The number of imidazole rings is 1. The molecule has 2 aromatic heterocycles. The molecule has 0 saturated carbocycles. The summed E-state index contributed by atoms with van der Waals surface area (Å²) in [5.74, 6) is 0.737. The summed E-state index contributed by atoms with van der Waals surface area (Å²) < 4.78 is 0. The number of para-hydroxylation sites is 2. The summed E-state index contributed by atoms with van der Waals surface area (Å²) in [7, 11) is 0. The van der Waals surface area contributed by atoms with E-state index in [1.165, 1.54) is 6.20 Å². The van der Waals surface area contributed by atoms with Crippen LogP contribution in [0.5, 0.6) is 0 Å². The van der Waals surface area contributed by atoms with Gasteiger partial charge in [-0.2, -0.15) is 0 Å². The fraction of sp³-hybridized carbons (Fsp3) is 0.190. The fourth-order valence-corrected chi connectivity index (χ4v) is 3.97. The molecule has 2 aromatic carbocycles. The quantitative estimate of drug-likeness (QED) is 0.576. The van der Waals surface area contributed by atoms with Gasteiger partial charge < -0.3 is 14.9 Å². The van der Waals surface area contributed by atoms with Crippen molar-refractivity contribution in [3.63, 3.8) is 0 Å². The van der Waals surface area contributed by atoms with Gasteiger partial charge in [0.1, 0.15) is 5.82 Å². The second-order valence-electron chi connectivity index (χ2n) is 6.87. The minimum absolute atomic E-state index is 0.0783. The SMILES string of the molecule is O=C(c1c[nH]c(=O)c2ccccc12)N1CCCC1c1nc2ccccc2[nH]1. The Kier molecular flexibility index (Phi) is 3.57. The summed E-state index contributed by atoms with van der Waals surface area (Å²) in [5.41, 5.74) is 2.22. The van der Waals surface area contributed by atoms with Crippen LogP contribution in [0.3, 0.4) is 0 Å². The first-order valence-electron chi connectivity index (χ1n) is 9.08. The molecule has 3 heterocycles. The third-order valence-corrected chi connectivity index (χ3v) is 5.28. The Morgan fingerprint density at radius 2 is 1.85 bits per heavy atom. The van der Waals surface area contributed by atoms with Crippen LogP contribution < -0.4 is 5.56 Å². The minimum atomic E-state index is -0.183. The van der Waals surface area contributed by atoms with Crippen molar-refractivity contribution in [2.24, 2.45) is 0 Å². The normalized spacial score (nSPS) is 17.0. The molecule has 1 aliphatic rings. The van der Waals surface area contributed by atoms with Crippen LogP contribution in [-0.2, 0) is 0 Å². The molecule has 134 valence electrons. The van der Waals surface area contributed by atoms with E-state index < -0.39 is 0 Å². The van der Waals surface area contributed by atoms with Gasteiger partial charge in [-0.15, -0.1) is 0 Å². The molecule has 5 rings (SSSR count). The molecule has 1 aliphatic heterocycles. The number of hydrogen-bond acceptors (Lipinski definition) is 3. The van der Waals surface area contributed by atoms with Gasteiger partial charge in [0.25, 0.3) is 11.5 Å². The van der Waals surface area contributed by atoms with E-state index in [2.05, 4.69) is 9.97 Å². The summed E-state index contributed by atoms with van der Waals surface area (Å²) in [6.07, 6.45) is 3.32. The number of pyridine rings is 1. The van der Waals surface area contributed by atoms with Crippen LogP contribution in [0.25, 0.3) is 21.8 Å². The molecular formula is C21H18N4O2. The largest absolute Gasteiger partial charge is 0.340 e. The maximum Gasteiger partial charge on any atom is 0.256 e. The van der Waals surface area contributed by atoms with Crippen LogP contribution in [0.1, 0.15) is 35.1 Å². The minimum Gasteiger partial charge on any atom is -0.340 e. The maximum atomic E-state index is 13.3. The highest BCUT2D eigenvalue weighted by atomic mass is 16.2. The van der Waals surface area contributed by atoms with Gasteiger partial charge in [-0.05, 0) is 31.0 Å². The maximum absolute atomic E-state index is 13.3. The number of aromatic amines is 2. The number of nitrogens with one attached hydrogen (secondary N) is 2. The summed E-state index contributed by atoms with van der Waals surface area (Å²) in [5, 5.41) is 1.21. The zero-order valence-electron chi connectivity index (χ0n) is 14.6. The lowest BCUT2D eigenvalue weighted by Gasteiger charge is -2.23. The third kappa shape index (κ3) is 2.52. The molecule has 0 spiro atoms. The highest BCUT2D eigenvalue weighted by Gasteiger charge is 2.33. The number of amides is 1. The summed E-state index contributed by atoms with van der Waals surface area (Å²) >= 11 is 0. The molecular weight excluding hydrogens is 340 g/mol. The van der Waals surface area contributed by atoms with Crippen LogP contribution >= 0.6 is 0 Å². The van der Waals surface area contributed by atoms with Crippen molar-refractivity contribution in [2.45, 2.75) is 18.9 Å². The highest BCUT2D eigenvalue weighted by molar-refractivity contribution is 6.06. The number of likely N-dealkylation sites (tertiary alicyclic amines) is 1. The summed E-state index contributed by atoms with van der Waals surface area (Å²) in [6.45, 7) is 0.675. The zero-order chi connectivity index (χ0) is 18.4. The van der Waals surface area contributed by atoms with Crippen molar-refractivity contribution in [2.75, 3.05) is 6.54 Å². The molecule has 1 unspecified atom stereocenters. The summed E-state index contributed by atoms with van der Waals surface area (Å²) in [4.78, 5) is 38.0. The van der Waals surface area contributed by atoms with Crippen molar-refractivity contribution in [3.8, 4) is 0 Å². The third-order valence-electron chi connectivity index (χ3n) is 5.28. The van der Waals surface area contributed by atoms with Crippen molar-refractivity contribution >= 4 is 27.7 Å². The Morgan fingerprint density at radius 3 is 2.70 bits per heavy atom. The van der Waals surface area contributed by atoms with E-state index >= 15 is 0 Å². The number of carbonyl (C=O) groups is 1. The lowest BCUT2D eigenvalue weighted by atomic mass is 10.1. The average Bonchev–Trinajstić information content (AvgIpc) is 3.34. The Bertz CT molecular complexity index is 1190. The Morgan fingerprint density at radius 1 is 1.07 bits per heavy atom. The molecule has 6 nitrogen and oxygen atoms in total.